The maximum absolute atomic E-state index is 13.0. The Morgan fingerprint density at radius 3 is 2.62 bits per heavy atom. The average Bonchev–Trinajstić information content (AvgIpc) is 3.12. The Morgan fingerprint density at radius 2 is 1.97 bits per heavy atom. The fourth-order valence-electron chi connectivity index (χ4n) is 3.50. The van der Waals surface area contributed by atoms with Crippen molar-refractivity contribution in [2.45, 2.75) is 39.0 Å². The van der Waals surface area contributed by atoms with E-state index >= 15 is 0 Å². The summed E-state index contributed by atoms with van der Waals surface area (Å²) in [4.78, 5) is 12.5. The number of sulfonamides is 1. The van der Waals surface area contributed by atoms with Crippen LogP contribution in [0, 0.1) is 12.8 Å². The fraction of sp³-hybridized carbons (Fsp3) is 0.429. The van der Waals surface area contributed by atoms with Crippen LogP contribution in [0.4, 0.5) is 5.82 Å². The molecular formula is C21H27N3O4S. The molecule has 0 bridgehead atoms. The number of benzene rings is 1. The Kier molecular flexibility index (Phi) is 7.22. The second-order valence-corrected chi connectivity index (χ2v) is 9.24. The number of aromatic nitrogens is 1. The summed E-state index contributed by atoms with van der Waals surface area (Å²) in [5, 5.41) is 7.51. The van der Waals surface area contributed by atoms with Gasteiger partial charge in [-0.05, 0) is 37.3 Å². The quantitative estimate of drug-likeness (QED) is 0.705. The van der Waals surface area contributed by atoms with Crippen LogP contribution in [0.2, 0.25) is 0 Å². The molecule has 156 valence electrons. The highest BCUT2D eigenvalue weighted by Crippen LogP contribution is 2.25. The van der Waals surface area contributed by atoms with E-state index in [-0.39, 0.29) is 18.3 Å². The van der Waals surface area contributed by atoms with E-state index in [4.69, 9.17) is 4.52 Å². The number of aryl methyl sites for hydroxylation is 1. The molecule has 1 fully saturated rings. The molecule has 0 atom stereocenters. The number of anilines is 1. The topological polar surface area (TPSA) is 92.5 Å². The number of nitrogens with zero attached hydrogens (tertiary/aromatic N) is 2. The zero-order chi connectivity index (χ0) is 20.7. The first-order valence-corrected chi connectivity index (χ1v) is 11.4. The molecule has 8 heteroatoms. The highest BCUT2D eigenvalue weighted by Gasteiger charge is 2.27. The molecule has 0 aliphatic heterocycles. The van der Waals surface area contributed by atoms with Crippen LogP contribution in [0.1, 0.15) is 43.4 Å². The van der Waals surface area contributed by atoms with Gasteiger partial charge in [0.1, 0.15) is 5.76 Å². The smallest absolute Gasteiger partial charge is 0.240 e. The van der Waals surface area contributed by atoms with Crippen LogP contribution < -0.4 is 5.32 Å². The zero-order valence-electron chi connectivity index (χ0n) is 16.6. The molecule has 1 saturated carbocycles. The van der Waals surface area contributed by atoms with Crippen molar-refractivity contribution in [3.8, 4) is 0 Å². The maximum Gasteiger partial charge on any atom is 0.240 e. The molecule has 1 aromatic heterocycles. The number of hydrogen-bond acceptors (Lipinski definition) is 5. The minimum Gasteiger partial charge on any atom is -0.360 e. The molecule has 0 radical (unpaired) electrons. The lowest BCUT2D eigenvalue weighted by atomic mass is 9.89. The number of hydrogen-bond donors (Lipinski definition) is 1. The van der Waals surface area contributed by atoms with Gasteiger partial charge >= 0.3 is 0 Å². The van der Waals surface area contributed by atoms with Gasteiger partial charge in [0.15, 0.2) is 5.82 Å². The third-order valence-corrected chi connectivity index (χ3v) is 6.47. The molecule has 1 amide bonds. The zero-order valence-corrected chi connectivity index (χ0v) is 17.4. The lowest BCUT2D eigenvalue weighted by Gasteiger charge is -2.27. The molecule has 1 aliphatic carbocycles. The minimum atomic E-state index is -3.75. The molecule has 2 aromatic rings. The molecule has 0 spiro atoms. The van der Waals surface area contributed by atoms with Gasteiger partial charge in [-0.3, -0.25) is 4.79 Å². The van der Waals surface area contributed by atoms with Crippen molar-refractivity contribution in [3.63, 3.8) is 0 Å². The van der Waals surface area contributed by atoms with Crippen molar-refractivity contribution >= 4 is 27.8 Å². The summed E-state index contributed by atoms with van der Waals surface area (Å²) in [5.41, 5.74) is 0.788. The van der Waals surface area contributed by atoms with Gasteiger partial charge in [0.2, 0.25) is 15.9 Å². The van der Waals surface area contributed by atoms with Gasteiger partial charge in [-0.1, -0.05) is 54.8 Å². The summed E-state index contributed by atoms with van der Waals surface area (Å²) in [6, 6.07) is 10.8. The molecular weight excluding hydrogens is 390 g/mol. The minimum absolute atomic E-state index is 0.260. The van der Waals surface area contributed by atoms with Crippen LogP contribution in [0.15, 0.2) is 46.3 Å². The van der Waals surface area contributed by atoms with E-state index in [9.17, 15) is 13.2 Å². The number of nitrogens with one attached hydrogen (secondary N) is 1. The van der Waals surface area contributed by atoms with Gasteiger partial charge in [-0.15, -0.1) is 0 Å². The van der Waals surface area contributed by atoms with Crippen molar-refractivity contribution in [1.82, 2.24) is 9.46 Å². The molecule has 29 heavy (non-hydrogen) atoms. The Labute approximate surface area is 171 Å². The first-order valence-electron chi connectivity index (χ1n) is 9.89. The predicted molar refractivity (Wildman–Crippen MR) is 112 cm³/mol. The largest absolute Gasteiger partial charge is 0.360 e. The molecule has 1 aliphatic rings. The third-order valence-electron chi connectivity index (χ3n) is 4.99. The van der Waals surface area contributed by atoms with Crippen LogP contribution in [0.5, 0.6) is 0 Å². The standard InChI is InChI=1S/C21H27N3O4S/c1-17-14-20(23-28-17)22-21(25)16-24(15-19-10-6-3-7-11-19)29(26,27)13-12-18-8-4-2-5-9-18/h2,4-5,8-9,12-14,19H,3,6-7,10-11,15-16H2,1H3,(H,22,23,25)/b13-12+. The van der Waals surface area contributed by atoms with E-state index in [1.165, 1.54) is 16.1 Å². The van der Waals surface area contributed by atoms with Gasteiger partial charge in [-0.25, -0.2) is 8.42 Å². The SMILES string of the molecule is Cc1cc(NC(=O)CN(CC2CCCCC2)S(=O)(=O)/C=C/c2ccccc2)no1. The van der Waals surface area contributed by atoms with Gasteiger partial charge in [0.05, 0.1) is 6.54 Å². The first kappa shape index (κ1) is 21.3. The predicted octanol–water partition coefficient (Wildman–Crippen LogP) is 3.80. The van der Waals surface area contributed by atoms with Crippen molar-refractivity contribution in [2.24, 2.45) is 5.92 Å². The summed E-state index contributed by atoms with van der Waals surface area (Å²) in [7, 11) is -3.75. The van der Waals surface area contributed by atoms with Crippen LogP contribution in [-0.2, 0) is 14.8 Å². The highest BCUT2D eigenvalue weighted by atomic mass is 32.2. The van der Waals surface area contributed by atoms with Crippen LogP contribution in [-0.4, -0.2) is 36.9 Å². The summed E-state index contributed by atoms with van der Waals surface area (Å²) in [6.45, 7) is 1.80. The number of amides is 1. The van der Waals surface area contributed by atoms with Gasteiger partial charge < -0.3 is 9.84 Å². The second kappa shape index (κ2) is 9.84. The lowest BCUT2D eigenvalue weighted by molar-refractivity contribution is -0.116. The van der Waals surface area contributed by atoms with Crippen molar-refractivity contribution in [2.75, 3.05) is 18.4 Å². The molecule has 1 aromatic carbocycles. The van der Waals surface area contributed by atoms with Crippen LogP contribution >= 0.6 is 0 Å². The van der Waals surface area contributed by atoms with E-state index in [1.807, 2.05) is 30.3 Å². The summed E-state index contributed by atoms with van der Waals surface area (Å²) < 4.78 is 32.2. The third kappa shape index (κ3) is 6.54. The highest BCUT2D eigenvalue weighted by molar-refractivity contribution is 7.92. The van der Waals surface area contributed by atoms with E-state index in [0.717, 1.165) is 31.2 Å². The van der Waals surface area contributed by atoms with E-state index < -0.39 is 15.9 Å². The lowest BCUT2D eigenvalue weighted by Crippen LogP contribution is -2.40. The van der Waals surface area contributed by atoms with Crippen molar-refractivity contribution in [3.05, 3.63) is 53.1 Å². The van der Waals surface area contributed by atoms with Crippen molar-refractivity contribution < 1.29 is 17.7 Å². The number of carbonyl (C=O) groups is 1. The fourth-order valence-corrected chi connectivity index (χ4v) is 4.72. The maximum atomic E-state index is 13.0. The average molecular weight is 418 g/mol. The first-order chi connectivity index (χ1) is 13.9. The molecule has 1 N–H and O–H groups in total. The van der Waals surface area contributed by atoms with Gasteiger partial charge in [0.25, 0.3) is 0 Å². The van der Waals surface area contributed by atoms with Gasteiger partial charge in [0, 0.05) is 18.0 Å². The summed E-state index contributed by atoms with van der Waals surface area (Å²) in [5.74, 6) is 0.677. The Morgan fingerprint density at radius 1 is 1.24 bits per heavy atom. The second-order valence-electron chi connectivity index (χ2n) is 7.43. The Hall–Kier alpha value is -2.45. The van der Waals surface area contributed by atoms with Crippen molar-refractivity contribution in [1.29, 1.82) is 0 Å². The number of carbonyl (C=O) groups excluding carboxylic acids is 1. The summed E-state index contributed by atoms with van der Waals surface area (Å²) >= 11 is 0. The Balaban J connectivity index is 1.73. The molecule has 7 nitrogen and oxygen atoms in total. The van der Waals surface area contributed by atoms with Crippen LogP contribution in [0.25, 0.3) is 6.08 Å². The summed E-state index contributed by atoms with van der Waals surface area (Å²) in [6.07, 6.45) is 6.91. The van der Waals surface area contributed by atoms with Crippen LogP contribution in [0.3, 0.4) is 0 Å². The van der Waals surface area contributed by atoms with E-state index in [0.29, 0.717) is 12.3 Å². The molecule has 3 rings (SSSR count). The monoisotopic (exact) mass is 417 g/mol. The normalized spacial score (nSPS) is 15.8. The molecule has 1 heterocycles. The van der Waals surface area contributed by atoms with E-state index in [2.05, 4.69) is 10.5 Å². The molecule has 0 unspecified atom stereocenters. The van der Waals surface area contributed by atoms with E-state index in [1.54, 1.807) is 19.1 Å². The Bertz CT molecular complexity index is 932. The number of rotatable bonds is 8. The van der Waals surface area contributed by atoms with Gasteiger partial charge in [-0.2, -0.15) is 4.31 Å². The molecule has 0 saturated heterocycles.